The van der Waals surface area contributed by atoms with Crippen molar-refractivity contribution in [1.82, 2.24) is 34.2 Å². The van der Waals surface area contributed by atoms with Crippen molar-refractivity contribution >= 4 is 28.4 Å². The number of rotatable bonds is 6. The fourth-order valence-electron chi connectivity index (χ4n) is 4.77. The number of aliphatic hydroxyl groups is 1. The molecule has 1 fully saturated rings. The van der Waals surface area contributed by atoms with Crippen molar-refractivity contribution in [3.8, 4) is 11.6 Å². The number of hydrogen-bond donors (Lipinski definition) is 2. The van der Waals surface area contributed by atoms with Crippen LogP contribution in [0.3, 0.4) is 0 Å². The molecule has 0 spiro atoms. The normalized spacial score (nSPS) is 14.6. The predicted molar refractivity (Wildman–Crippen MR) is 155 cm³/mol. The summed E-state index contributed by atoms with van der Waals surface area (Å²) in [5, 5.41) is 14.2. The molecule has 1 aliphatic rings. The second-order valence-corrected chi connectivity index (χ2v) is 10.4. The Morgan fingerprint density at radius 3 is 2.30 bits per heavy atom. The van der Waals surface area contributed by atoms with Gasteiger partial charge in [-0.3, -0.25) is 4.79 Å². The Morgan fingerprint density at radius 2 is 1.60 bits per heavy atom. The molecular formula is C29H31N9O2. The van der Waals surface area contributed by atoms with E-state index in [1.54, 1.807) is 55.1 Å². The molecule has 204 valence electrons. The number of likely N-dealkylation sites (N-methyl/N-ethyl adjacent to an activating group) is 1. The van der Waals surface area contributed by atoms with Gasteiger partial charge < -0.3 is 20.2 Å². The summed E-state index contributed by atoms with van der Waals surface area (Å²) in [5.41, 5.74) is 1.33. The smallest absolute Gasteiger partial charge is 0.284 e. The molecule has 1 aromatic carbocycles. The Morgan fingerprint density at radius 1 is 0.850 bits per heavy atom. The van der Waals surface area contributed by atoms with Gasteiger partial charge in [-0.05, 0) is 69.4 Å². The van der Waals surface area contributed by atoms with Crippen LogP contribution in [0.25, 0.3) is 22.7 Å². The first kappa shape index (κ1) is 25.7. The highest BCUT2D eigenvalue weighted by atomic mass is 16.3. The molecule has 1 aliphatic heterocycles. The van der Waals surface area contributed by atoms with Crippen molar-refractivity contribution in [2.45, 2.75) is 19.4 Å². The third kappa shape index (κ3) is 4.92. The molecule has 0 aliphatic carbocycles. The molecule has 4 aromatic heterocycles. The van der Waals surface area contributed by atoms with E-state index in [2.05, 4.69) is 49.2 Å². The minimum atomic E-state index is -1.17. The van der Waals surface area contributed by atoms with Gasteiger partial charge in [-0.15, -0.1) is 0 Å². The molecule has 6 rings (SSSR count). The SMILES string of the molecule is CN1CCN(c2ccc(Nc3ncc4c(=O)n(-c5ccccn5)n(-c5cccc(C(C)(C)O)n5)c4n3)cc2)CC1. The molecule has 0 atom stereocenters. The van der Waals surface area contributed by atoms with E-state index in [1.165, 1.54) is 16.6 Å². The van der Waals surface area contributed by atoms with Crippen LogP contribution < -0.4 is 15.8 Å². The lowest BCUT2D eigenvalue weighted by atomic mass is 10.1. The largest absolute Gasteiger partial charge is 0.384 e. The van der Waals surface area contributed by atoms with Gasteiger partial charge in [0.2, 0.25) is 5.95 Å². The lowest BCUT2D eigenvalue weighted by Crippen LogP contribution is -2.44. The van der Waals surface area contributed by atoms with E-state index in [0.717, 1.165) is 31.9 Å². The minimum Gasteiger partial charge on any atom is -0.384 e. The summed E-state index contributed by atoms with van der Waals surface area (Å²) in [4.78, 5) is 36.6. The zero-order chi connectivity index (χ0) is 27.9. The second-order valence-electron chi connectivity index (χ2n) is 10.4. The molecule has 1 saturated heterocycles. The van der Waals surface area contributed by atoms with Crippen molar-refractivity contribution in [3.05, 3.63) is 89.1 Å². The van der Waals surface area contributed by atoms with Gasteiger partial charge >= 0.3 is 0 Å². The number of pyridine rings is 2. The molecule has 11 heteroatoms. The van der Waals surface area contributed by atoms with Crippen molar-refractivity contribution in [2.24, 2.45) is 0 Å². The highest BCUT2D eigenvalue weighted by Gasteiger charge is 2.23. The maximum atomic E-state index is 13.6. The van der Waals surface area contributed by atoms with Crippen LogP contribution in [0.5, 0.6) is 0 Å². The molecular weight excluding hydrogens is 506 g/mol. The highest BCUT2D eigenvalue weighted by molar-refractivity contribution is 5.77. The summed E-state index contributed by atoms with van der Waals surface area (Å²) in [6.45, 7) is 7.41. The van der Waals surface area contributed by atoms with Crippen LogP contribution in [0.4, 0.5) is 17.3 Å². The molecule has 2 N–H and O–H groups in total. The molecule has 5 aromatic rings. The van der Waals surface area contributed by atoms with Gasteiger partial charge in [-0.2, -0.15) is 9.67 Å². The number of hydrogen-bond acceptors (Lipinski definition) is 9. The van der Waals surface area contributed by atoms with Crippen LogP contribution in [0.15, 0.2) is 77.9 Å². The predicted octanol–water partition coefficient (Wildman–Crippen LogP) is 3.08. The second kappa shape index (κ2) is 10.2. The summed E-state index contributed by atoms with van der Waals surface area (Å²) < 4.78 is 3.03. The Labute approximate surface area is 231 Å². The Hall–Kier alpha value is -4.61. The van der Waals surface area contributed by atoms with Gasteiger partial charge in [-0.1, -0.05) is 12.1 Å². The maximum Gasteiger partial charge on any atom is 0.284 e. The van der Waals surface area contributed by atoms with Gasteiger partial charge in [-0.25, -0.2) is 19.6 Å². The van der Waals surface area contributed by atoms with E-state index in [4.69, 9.17) is 4.98 Å². The Balaban J connectivity index is 1.41. The van der Waals surface area contributed by atoms with Gasteiger partial charge in [0, 0.05) is 49.9 Å². The molecule has 0 unspecified atom stereocenters. The number of nitrogens with one attached hydrogen (secondary N) is 1. The van der Waals surface area contributed by atoms with E-state index in [1.807, 2.05) is 18.2 Å². The van der Waals surface area contributed by atoms with Crippen LogP contribution in [-0.4, -0.2) is 72.5 Å². The average Bonchev–Trinajstić information content (AvgIpc) is 3.25. The highest BCUT2D eigenvalue weighted by Crippen LogP contribution is 2.24. The number of fused-ring (bicyclic) bond motifs is 1. The first-order chi connectivity index (χ1) is 19.3. The number of aromatic nitrogens is 6. The first-order valence-corrected chi connectivity index (χ1v) is 13.2. The third-order valence-electron chi connectivity index (χ3n) is 7.03. The molecule has 0 radical (unpaired) electrons. The zero-order valence-corrected chi connectivity index (χ0v) is 22.7. The summed E-state index contributed by atoms with van der Waals surface area (Å²) in [6, 6.07) is 18.8. The fourth-order valence-corrected chi connectivity index (χ4v) is 4.77. The maximum absolute atomic E-state index is 13.6. The Kier molecular flexibility index (Phi) is 6.53. The molecule has 40 heavy (non-hydrogen) atoms. The van der Waals surface area contributed by atoms with E-state index in [-0.39, 0.29) is 5.56 Å². The van der Waals surface area contributed by atoms with Crippen molar-refractivity contribution in [1.29, 1.82) is 0 Å². The summed E-state index contributed by atoms with van der Waals surface area (Å²) in [7, 11) is 2.14. The van der Waals surface area contributed by atoms with Crippen LogP contribution in [0.1, 0.15) is 19.5 Å². The van der Waals surface area contributed by atoms with Crippen LogP contribution >= 0.6 is 0 Å². The molecule has 0 saturated carbocycles. The Bertz CT molecular complexity index is 1700. The van der Waals surface area contributed by atoms with Crippen molar-refractivity contribution in [2.75, 3.05) is 43.4 Å². The van der Waals surface area contributed by atoms with Crippen LogP contribution in [-0.2, 0) is 5.60 Å². The van der Waals surface area contributed by atoms with E-state index in [9.17, 15) is 9.90 Å². The minimum absolute atomic E-state index is 0.317. The van der Waals surface area contributed by atoms with Gasteiger partial charge in [0.15, 0.2) is 17.3 Å². The van der Waals surface area contributed by atoms with E-state index in [0.29, 0.717) is 34.3 Å². The topological polar surface area (TPSA) is 117 Å². The summed E-state index contributed by atoms with van der Waals surface area (Å²) >= 11 is 0. The van der Waals surface area contributed by atoms with Crippen LogP contribution in [0.2, 0.25) is 0 Å². The lowest BCUT2D eigenvalue weighted by Gasteiger charge is -2.34. The van der Waals surface area contributed by atoms with E-state index >= 15 is 0 Å². The fraction of sp³-hybridized carbons (Fsp3) is 0.276. The van der Waals surface area contributed by atoms with Crippen molar-refractivity contribution in [3.63, 3.8) is 0 Å². The molecule has 5 heterocycles. The zero-order valence-electron chi connectivity index (χ0n) is 22.7. The average molecular weight is 538 g/mol. The monoisotopic (exact) mass is 537 g/mol. The van der Waals surface area contributed by atoms with Gasteiger partial charge in [0.1, 0.15) is 11.0 Å². The standard InChI is InChI=1S/C29H31N9O2/c1-29(2,40)23-7-6-9-25(33-23)37-26-22(27(39)38(37)24-8-4-5-14-30-24)19-31-28(34-26)32-20-10-12-21(13-11-20)36-17-15-35(3)16-18-36/h4-14,19,40H,15-18H2,1-3H3,(H,31,32,34). The quantitative estimate of drug-likeness (QED) is 0.337. The molecule has 0 bridgehead atoms. The van der Waals surface area contributed by atoms with Gasteiger partial charge in [0.05, 0.1) is 5.69 Å². The summed E-state index contributed by atoms with van der Waals surface area (Å²) in [6.07, 6.45) is 3.14. The summed E-state index contributed by atoms with van der Waals surface area (Å²) in [5.74, 6) is 1.17. The number of nitrogens with zero attached hydrogens (tertiary/aromatic N) is 8. The first-order valence-electron chi connectivity index (χ1n) is 13.2. The third-order valence-corrected chi connectivity index (χ3v) is 7.03. The number of piperazine rings is 1. The molecule has 0 amide bonds. The van der Waals surface area contributed by atoms with Crippen LogP contribution in [0, 0.1) is 0 Å². The number of anilines is 3. The van der Waals surface area contributed by atoms with Crippen molar-refractivity contribution < 1.29 is 5.11 Å². The van der Waals surface area contributed by atoms with Gasteiger partial charge in [0.25, 0.3) is 5.56 Å². The van der Waals surface area contributed by atoms with E-state index < -0.39 is 5.60 Å². The molecule has 11 nitrogen and oxygen atoms in total. The number of benzene rings is 1. The lowest BCUT2D eigenvalue weighted by molar-refractivity contribution is 0.0738.